The number of hydrogen-bond donors (Lipinski definition) is 1. The van der Waals surface area contributed by atoms with Crippen LogP contribution in [-0.2, 0) is 16.6 Å². The highest BCUT2D eigenvalue weighted by atomic mass is 16.5. The number of nitrogens with zero attached hydrogens (tertiary/aromatic N) is 3. The molecule has 3 rings (SSSR count). The third-order valence-corrected chi connectivity index (χ3v) is 3.94. The van der Waals surface area contributed by atoms with Crippen molar-refractivity contribution in [3.63, 3.8) is 0 Å². The summed E-state index contributed by atoms with van der Waals surface area (Å²) in [6.45, 7) is 3.40. The maximum Gasteiger partial charge on any atom is 0.360 e. The quantitative estimate of drug-likeness (QED) is 0.681. The van der Waals surface area contributed by atoms with Crippen LogP contribution in [0.25, 0.3) is 10.8 Å². The molecule has 0 saturated heterocycles. The van der Waals surface area contributed by atoms with Crippen molar-refractivity contribution < 1.29 is 18.8 Å². The molecule has 9 nitrogen and oxygen atoms in total. The van der Waals surface area contributed by atoms with Gasteiger partial charge in [0, 0.05) is 18.5 Å². The van der Waals surface area contributed by atoms with Crippen LogP contribution in [0.1, 0.15) is 29.6 Å². The number of rotatable bonds is 5. The minimum atomic E-state index is -1.05. The number of benzene rings is 1. The first-order valence-electron chi connectivity index (χ1n) is 8.32. The average molecular weight is 370 g/mol. The molecule has 9 heteroatoms. The van der Waals surface area contributed by atoms with Crippen molar-refractivity contribution in [2.45, 2.75) is 26.4 Å². The van der Waals surface area contributed by atoms with Gasteiger partial charge in [-0.15, -0.1) is 0 Å². The van der Waals surface area contributed by atoms with Gasteiger partial charge in [-0.05, 0) is 19.4 Å². The summed E-state index contributed by atoms with van der Waals surface area (Å²) in [6.07, 6.45) is -0.801. The molecule has 2 aromatic heterocycles. The number of fused-ring (bicyclic) bond motifs is 1. The molecule has 0 aliphatic carbocycles. The Labute approximate surface area is 153 Å². The van der Waals surface area contributed by atoms with Gasteiger partial charge in [0.15, 0.2) is 17.6 Å². The number of anilines is 1. The molecule has 0 spiro atoms. The van der Waals surface area contributed by atoms with Crippen molar-refractivity contribution in [1.82, 2.24) is 14.9 Å². The Hall–Kier alpha value is -3.49. The predicted octanol–water partition coefficient (Wildman–Crippen LogP) is 1.80. The number of amides is 1. The van der Waals surface area contributed by atoms with Crippen molar-refractivity contribution >= 4 is 28.5 Å². The smallest absolute Gasteiger partial charge is 0.360 e. The highest BCUT2D eigenvalue weighted by Crippen LogP contribution is 2.16. The third kappa shape index (κ3) is 3.71. The standard InChI is InChI=1S/C18H18N4O5/c1-4-13(16(23)19-14-9-10(2)27-21-14)26-18(25)15-11-7-5-6-8-12(11)17(24)22(3)20-15/h5-9,13H,4H2,1-3H3,(H,19,21,23)/t13-/m0/s1. The van der Waals surface area contributed by atoms with E-state index in [9.17, 15) is 14.4 Å². The van der Waals surface area contributed by atoms with Gasteiger partial charge in [0.1, 0.15) is 5.76 Å². The van der Waals surface area contributed by atoms with Gasteiger partial charge < -0.3 is 14.6 Å². The van der Waals surface area contributed by atoms with Crippen molar-refractivity contribution in [2.24, 2.45) is 7.05 Å². The molecule has 1 atom stereocenters. The number of aryl methyl sites for hydroxylation is 2. The van der Waals surface area contributed by atoms with Gasteiger partial charge >= 0.3 is 5.97 Å². The SMILES string of the molecule is CC[C@H](OC(=O)c1nn(C)c(=O)c2ccccc12)C(=O)Nc1cc(C)on1. The summed E-state index contributed by atoms with van der Waals surface area (Å²) in [5.41, 5.74) is -0.357. The second-order valence-corrected chi connectivity index (χ2v) is 5.94. The molecule has 3 aromatic rings. The van der Waals surface area contributed by atoms with Gasteiger partial charge in [-0.2, -0.15) is 5.10 Å². The largest absolute Gasteiger partial charge is 0.447 e. The van der Waals surface area contributed by atoms with Crippen LogP contribution in [0.4, 0.5) is 5.82 Å². The molecule has 27 heavy (non-hydrogen) atoms. The Morgan fingerprint density at radius 1 is 1.30 bits per heavy atom. The second kappa shape index (κ2) is 7.40. The zero-order chi connectivity index (χ0) is 19.6. The fourth-order valence-corrected chi connectivity index (χ4v) is 2.59. The summed E-state index contributed by atoms with van der Waals surface area (Å²) in [5.74, 6) is -0.553. The van der Waals surface area contributed by atoms with E-state index < -0.39 is 18.0 Å². The van der Waals surface area contributed by atoms with Gasteiger partial charge in [0.2, 0.25) is 0 Å². The van der Waals surface area contributed by atoms with Gasteiger partial charge in [-0.25, -0.2) is 9.48 Å². The molecule has 140 valence electrons. The Bertz CT molecular complexity index is 1070. The summed E-state index contributed by atoms with van der Waals surface area (Å²) >= 11 is 0. The molecule has 0 fully saturated rings. The van der Waals surface area contributed by atoms with Crippen LogP contribution in [0.5, 0.6) is 0 Å². The predicted molar refractivity (Wildman–Crippen MR) is 96.3 cm³/mol. The average Bonchev–Trinajstić information content (AvgIpc) is 3.07. The van der Waals surface area contributed by atoms with Crippen molar-refractivity contribution in [2.75, 3.05) is 5.32 Å². The van der Waals surface area contributed by atoms with Gasteiger partial charge in [-0.3, -0.25) is 9.59 Å². The summed E-state index contributed by atoms with van der Waals surface area (Å²) < 4.78 is 11.3. The molecule has 1 N–H and O–H groups in total. The number of hydrogen-bond acceptors (Lipinski definition) is 7. The number of aromatic nitrogens is 3. The van der Waals surface area contributed by atoms with Crippen LogP contribution in [0.2, 0.25) is 0 Å². The van der Waals surface area contributed by atoms with E-state index in [4.69, 9.17) is 9.26 Å². The summed E-state index contributed by atoms with van der Waals surface area (Å²) in [6, 6.07) is 8.15. The normalized spacial score (nSPS) is 12.0. The van der Waals surface area contributed by atoms with E-state index in [0.717, 1.165) is 4.68 Å². The van der Waals surface area contributed by atoms with E-state index in [0.29, 0.717) is 16.5 Å². The number of nitrogens with one attached hydrogen (secondary N) is 1. The van der Waals surface area contributed by atoms with Crippen molar-refractivity contribution in [1.29, 1.82) is 0 Å². The zero-order valence-electron chi connectivity index (χ0n) is 15.1. The van der Waals surface area contributed by atoms with E-state index in [1.54, 1.807) is 44.2 Å². The van der Waals surface area contributed by atoms with E-state index in [1.807, 2.05) is 0 Å². The van der Waals surface area contributed by atoms with Crippen LogP contribution in [0, 0.1) is 6.92 Å². The maximum atomic E-state index is 12.6. The number of esters is 1. The Balaban J connectivity index is 1.85. The lowest BCUT2D eigenvalue weighted by atomic mass is 10.1. The van der Waals surface area contributed by atoms with Crippen molar-refractivity contribution in [3.8, 4) is 0 Å². The summed E-state index contributed by atoms with van der Waals surface area (Å²) in [5, 5.41) is 10.9. The summed E-state index contributed by atoms with van der Waals surface area (Å²) in [4.78, 5) is 37.2. The van der Waals surface area contributed by atoms with Gasteiger partial charge in [-0.1, -0.05) is 30.3 Å². The highest BCUT2D eigenvalue weighted by Gasteiger charge is 2.25. The minimum absolute atomic E-state index is 0.0313. The van der Waals surface area contributed by atoms with Crippen LogP contribution in [0.3, 0.4) is 0 Å². The zero-order valence-corrected chi connectivity index (χ0v) is 15.1. The highest BCUT2D eigenvalue weighted by molar-refractivity contribution is 6.03. The topological polar surface area (TPSA) is 116 Å². The van der Waals surface area contributed by atoms with Crippen LogP contribution < -0.4 is 10.9 Å². The molecule has 1 aromatic carbocycles. The summed E-state index contributed by atoms with van der Waals surface area (Å²) in [7, 11) is 1.45. The van der Waals surface area contributed by atoms with Crippen LogP contribution in [-0.4, -0.2) is 32.9 Å². The molecule has 1 amide bonds. The number of carbonyl (C=O) groups excluding carboxylic acids is 2. The maximum absolute atomic E-state index is 12.6. The number of carbonyl (C=O) groups is 2. The first kappa shape index (κ1) is 18.3. The van der Waals surface area contributed by atoms with Gasteiger partial charge in [0.05, 0.1) is 5.39 Å². The Morgan fingerprint density at radius 2 is 2.00 bits per heavy atom. The lowest BCUT2D eigenvalue weighted by molar-refractivity contribution is -0.124. The Kier molecular flexibility index (Phi) is 5.02. The van der Waals surface area contributed by atoms with E-state index in [2.05, 4.69) is 15.6 Å². The third-order valence-electron chi connectivity index (χ3n) is 3.94. The fraction of sp³-hybridized carbons (Fsp3) is 0.278. The molecule has 0 bridgehead atoms. The second-order valence-electron chi connectivity index (χ2n) is 5.94. The van der Waals surface area contributed by atoms with Gasteiger partial charge in [0.25, 0.3) is 11.5 Å². The minimum Gasteiger partial charge on any atom is -0.447 e. The van der Waals surface area contributed by atoms with Crippen molar-refractivity contribution in [3.05, 3.63) is 52.1 Å². The van der Waals surface area contributed by atoms with E-state index in [-0.39, 0.29) is 23.5 Å². The molecular formula is C18H18N4O5. The lowest BCUT2D eigenvalue weighted by Crippen LogP contribution is -2.33. The monoisotopic (exact) mass is 370 g/mol. The molecule has 0 unspecified atom stereocenters. The van der Waals surface area contributed by atoms with Crippen LogP contribution >= 0.6 is 0 Å². The molecule has 0 saturated carbocycles. The molecule has 0 radical (unpaired) electrons. The lowest BCUT2D eigenvalue weighted by Gasteiger charge is -2.15. The molecular weight excluding hydrogens is 352 g/mol. The first-order chi connectivity index (χ1) is 12.9. The number of ether oxygens (including phenoxy) is 1. The molecule has 0 aliphatic rings. The fourth-order valence-electron chi connectivity index (χ4n) is 2.59. The van der Waals surface area contributed by atoms with E-state index in [1.165, 1.54) is 7.05 Å². The molecule has 0 aliphatic heterocycles. The van der Waals surface area contributed by atoms with E-state index >= 15 is 0 Å². The Morgan fingerprint density at radius 3 is 2.63 bits per heavy atom. The molecule has 2 heterocycles. The van der Waals surface area contributed by atoms with Crippen LogP contribution in [0.15, 0.2) is 39.6 Å². The first-order valence-corrected chi connectivity index (χ1v) is 8.32.